The zero-order valence-corrected chi connectivity index (χ0v) is 15.1. The number of rotatable bonds is 8. The van der Waals surface area contributed by atoms with Crippen LogP contribution in [0.5, 0.6) is 0 Å². The third-order valence-electron chi connectivity index (χ3n) is 4.58. The predicted octanol–water partition coefficient (Wildman–Crippen LogP) is 0.550. The third kappa shape index (κ3) is 4.20. The number of benzene rings is 1. The summed E-state index contributed by atoms with van der Waals surface area (Å²) in [6.07, 6.45) is 1.65. The SMILES string of the molecule is COCCN(CC1CC1)C(=O)c1cccc(S(=O)(=O)N2CC(O)C2)c1. The second kappa shape index (κ2) is 7.41. The van der Waals surface area contributed by atoms with Gasteiger partial charge in [-0.25, -0.2) is 8.42 Å². The summed E-state index contributed by atoms with van der Waals surface area (Å²) in [6, 6.07) is 6.13. The van der Waals surface area contributed by atoms with E-state index in [0.717, 1.165) is 12.8 Å². The molecule has 0 bridgehead atoms. The summed E-state index contributed by atoms with van der Waals surface area (Å²) in [4.78, 5) is 14.6. The number of aliphatic hydroxyl groups excluding tert-OH is 1. The minimum Gasteiger partial charge on any atom is -0.390 e. The van der Waals surface area contributed by atoms with Crippen molar-refractivity contribution in [1.82, 2.24) is 9.21 Å². The van der Waals surface area contributed by atoms with Gasteiger partial charge in [0.25, 0.3) is 5.91 Å². The predicted molar refractivity (Wildman–Crippen MR) is 91.7 cm³/mol. The lowest BCUT2D eigenvalue weighted by molar-refractivity contribution is 0.0547. The average Bonchev–Trinajstić information content (AvgIpc) is 3.39. The first kappa shape index (κ1) is 18.3. The van der Waals surface area contributed by atoms with E-state index < -0.39 is 16.1 Å². The standard InChI is InChI=1S/C17H24N2O5S/c1-24-8-7-18(10-13-5-6-13)17(21)14-3-2-4-16(9-14)25(22,23)19-11-15(20)12-19/h2-4,9,13,15,20H,5-8,10-12H2,1H3. The van der Waals surface area contributed by atoms with Gasteiger partial charge in [0.2, 0.25) is 10.0 Å². The molecule has 138 valence electrons. The molecule has 1 heterocycles. The van der Waals surface area contributed by atoms with Gasteiger partial charge in [0.15, 0.2) is 0 Å². The monoisotopic (exact) mass is 368 g/mol. The number of carbonyl (C=O) groups excluding carboxylic acids is 1. The van der Waals surface area contributed by atoms with Crippen LogP contribution >= 0.6 is 0 Å². The topological polar surface area (TPSA) is 87.2 Å². The molecule has 25 heavy (non-hydrogen) atoms. The van der Waals surface area contributed by atoms with Crippen molar-refractivity contribution >= 4 is 15.9 Å². The molecule has 1 aromatic rings. The lowest BCUT2D eigenvalue weighted by Crippen LogP contribution is -2.53. The summed E-state index contributed by atoms with van der Waals surface area (Å²) in [5, 5.41) is 9.34. The normalized spacial score (nSPS) is 18.8. The van der Waals surface area contributed by atoms with Crippen LogP contribution in [-0.4, -0.2) is 74.6 Å². The highest BCUT2D eigenvalue weighted by molar-refractivity contribution is 7.89. The van der Waals surface area contributed by atoms with Crippen LogP contribution in [0.2, 0.25) is 0 Å². The molecule has 1 saturated carbocycles. The molecule has 1 amide bonds. The van der Waals surface area contributed by atoms with Crippen molar-refractivity contribution in [2.45, 2.75) is 23.8 Å². The lowest BCUT2D eigenvalue weighted by Gasteiger charge is -2.34. The molecular formula is C17H24N2O5S. The van der Waals surface area contributed by atoms with Gasteiger partial charge in [0.05, 0.1) is 17.6 Å². The van der Waals surface area contributed by atoms with Crippen molar-refractivity contribution < 1.29 is 23.1 Å². The van der Waals surface area contributed by atoms with Crippen LogP contribution < -0.4 is 0 Å². The summed E-state index contributed by atoms with van der Waals surface area (Å²) < 4.78 is 31.4. The number of hydrogen-bond acceptors (Lipinski definition) is 5. The molecule has 1 saturated heterocycles. The Morgan fingerprint density at radius 2 is 2.08 bits per heavy atom. The van der Waals surface area contributed by atoms with E-state index in [-0.39, 0.29) is 23.9 Å². The number of sulfonamides is 1. The van der Waals surface area contributed by atoms with Gasteiger partial charge in [-0.2, -0.15) is 4.31 Å². The summed E-state index contributed by atoms with van der Waals surface area (Å²) >= 11 is 0. The molecule has 0 unspecified atom stereocenters. The Hall–Kier alpha value is -1.48. The molecule has 3 rings (SSSR count). The number of nitrogens with zero attached hydrogens (tertiary/aromatic N) is 2. The highest BCUT2D eigenvalue weighted by atomic mass is 32.2. The highest BCUT2D eigenvalue weighted by Crippen LogP contribution is 2.30. The van der Waals surface area contributed by atoms with E-state index in [9.17, 15) is 18.3 Å². The zero-order valence-electron chi connectivity index (χ0n) is 14.3. The molecule has 1 aliphatic carbocycles. The summed E-state index contributed by atoms with van der Waals surface area (Å²) in [5.74, 6) is 0.361. The van der Waals surface area contributed by atoms with Crippen molar-refractivity contribution in [2.24, 2.45) is 5.92 Å². The Balaban J connectivity index is 1.78. The molecule has 2 fully saturated rings. The molecule has 1 aliphatic heterocycles. The molecule has 2 aliphatic rings. The Labute approximate surface area is 148 Å². The molecular weight excluding hydrogens is 344 g/mol. The fourth-order valence-corrected chi connectivity index (χ4v) is 4.38. The van der Waals surface area contributed by atoms with Gasteiger partial charge in [0, 0.05) is 38.9 Å². The molecule has 8 heteroatoms. The van der Waals surface area contributed by atoms with Gasteiger partial charge in [-0.05, 0) is 37.0 Å². The first-order valence-corrected chi connectivity index (χ1v) is 9.92. The first-order valence-electron chi connectivity index (χ1n) is 8.48. The summed E-state index contributed by atoms with van der Waals surface area (Å²) in [6.45, 7) is 1.81. The summed E-state index contributed by atoms with van der Waals surface area (Å²) in [7, 11) is -2.07. The second-order valence-electron chi connectivity index (χ2n) is 6.69. The number of aliphatic hydroxyl groups is 1. The smallest absolute Gasteiger partial charge is 0.253 e. The van der Waals surface area contributed by atoms with Crippen LogP contribution in [0.1, 0.15) is 23.2 Å². The van der Waals surface area contributed by atoms with Gasteiger partial charge in [-0.15, -0.1) is 0 Å². The molecule has 1 aromatic carbocycles. The molecule has 1 N–H and O–H groups in total. The molecule has 0 aromatic heterocycles. The van der Waals surface area contributed by atoms with Gasteiger partial charge < -0.3 is 14.7 Å². The van der Waals surface area contributed by atoms with Crippen molar-refractivity contribution in [3.63, 3.8) is 0 Å². The van der Waals surface area contributed by atoms with E-state index in [1.807, 2.05) is 0 Å². The van der Waals surface area contributed by atoms with E-state index in [2.05, 4.69) is 0 Å². The molecule has 0 radical (unpaired) electrons. The third-order valence-corrected chi connectivity index (χ3v) is 6.40. The Morgan fingerprint density at radius 3 is 2.68 bits per heavy atom. The van der Waals surface area contributed by atoms with Gasteiger partial charge in [-0.3, -0.25) is 4.79 Å². The maximum Gasteiger partial charge on any atom is 0.253 e. The van der Waals surface area contributed by atoms with Crippen molar-refractivity contribution in [3.05, 3.63) is 29.8 Å². The van der Waals surface area contributed by atoms with Gasteiger partial charge in [-0.1, -0.05) is 6.07 Å². The average molecular weight is 368 g/mol. The highest BCUT2D eigenvalue weighted by Gasteiger charge is 2.36. The van der Waals surface area contributed by atoms with Crippen LogP contribution in [0, 0.1) is 5.92 Å². The van der Waals surface area contributed by atoms with Crippen LogP contribution in [0.3, 0.4) is 0 Å². The number of methoxy groups -OCH3 is 1. The zero-order chi connectivity index (χ0) is 18.0. The van der Waals surface area contributed by atoms with Crippen molar-refractivity contribution in [2.75, 3.05) is 39.9 Å². The van der Waals surface area contributed by atoms with Crippen LogP contribution in [0.25, 0.3) is 0 Å². The lowest BCUT2D eigenvalue weighted by atomic mass is 10.2. The molecule has 7 nitrogen and oxygen atoms in total. The quantitative estimate of drug-likeness (QED) is 0.724. The van der Waals surface area contributed by atoms with Crippen molar-refractivity contribution in [3.8, 4) is 0 Å². The maximum atomic E-state index is 12.8. The van der Waals surface area contributed by atoms with Gasteiger partial charge in [0.1, 0.15) is 0 Å². The Morgan fingerprint density at radius 1 is 1.36 bits per heavy atom. The van der Waals surface area contributed by atoms with Crippen LogP contribution in [-0.2, 0) is 14.8 Å². The van der Waals surface area contributed by atoms with Crippen LogP contribution in [0.4, 0.5) is 0 Å². The number of carbonyl (C=O) groups is 1. The van der Waals surface area contributed by atoms with E-state index in [4.69, 9.17) is 4.74 Å². The maximum absolute atomic E-state index is 12.8. The van der Waals surface area contributed by atoms with E-state index >= 15 is 0 Å². The molecule has 0 spiro atoms. The minimum atomic E-state index is -3.67. The van der Waals surface area contributed by atoms with Crippen LogP contribution in [0.15, 0.2) is 29.2 Å². The van der Waals surface area contributed by atoms with Gasteiger partial charge >= 0.3 is 0 Å². The largest absolute Gasteiger partial charge is 0.390 e. The summed E-state index contributed by atoms with van der Waals surface area (Å²) in [5.41, 5.74) is 0.360. The first-order chi connectivity index (χ1) is 11.9. The number of hydrogen-bond donors (Lipinski definition) is 1. The number of β-amino-alcohol motifs (C(OH)–C–C–N with tert-alkyl or cyclic N) is 1. The Kier molecular flexibility index (Phi) is 5.43. The van der Waals surface area contributed by atoms with E-state index in [0.29, 0.717) is 31.2 Å². The van der Waals surface area contributed by atoms with Crippen molar-refractivity contribution in [1.29, 1.82) is 0 Å². The van der Waals surface area contributed by atoms with E-state index in [1.54, 1.807) is 24.1 Å². The number of amides is 1. The molecule has 0 atom stereocenters. The Bertz CT molecular complexity index is 726. The fraction of sp³-hybridized carbons (Fsp3) is 0.588. The fourth-order valence-electron chi connectivity index (χ4n) is 2.82. The minimum absolute atomic E-state index is 0.0864. The van der Waals surface area contributed by atoms with E-state index in [1.165, 1.54) is 16.4 Å². The second-order valence-corrected chi connectivity index (χ2v) is 8.63. The number of ether oxygens (including phenoxy) is 1.